The fourth-order valence-electron chi connectivity index (χ4n) is 3.11. The van der Waals surface area contributed by atoms with Gasteiger partial charge >= 0.3 is 0 Å². The van der Waals surface area contributed by atoms with Crippen molar-refractivity contribution in [1.82, 2.24) is 0 Å². The molecular formula is C26H16F2O3. The molecule has 0 aliphatic heterocycles. The zero-order valence-corrected chi connectivity index (χ0v) is 16.2. The van der Waals surface area contributed by atoms with Crippen molar-refractivity contribution in [2.45, 2.75) is 0 Å². The quantitative estimate of drug-likeness (QED) is 0.352. The SMILES string of the molecule is O=C(c1ccc(Oc2cccc(C(=O)c3ccccc3F)c2)cc1)c1ccccc1F. The zero-order chi connectivity index (χ0) is 21.8. The molecule has 0 N–H and O–H groups in total. The van der Waals surface area contributed by atoms with Gasteiger partial charge in [-0.15, -0.1) is 0 Å². The third kappa shape index (κ3) is 4.41. The first-order valence-electron chi connectivity index (χ1n) is 9.49. The number of halogens is 2. The Morgan fingerprint density at radius 3 is 1.68 bits per heavy atom. The first-order valence-corrected chi connectivity index (χ1v) is 9.49. The summed E-state index contributed by atoms with van der Waals surface area (Å²) < 4.78 is 33.5. The van der Waals surface area contributed by atoms with Crippen LogP contribution in [-0.2, 0) is 0 Å². The fraction of sp³-hybridized carbons (Fsp3) is 0. The van der Waals surface area contributed by atoms with Gasteiger partial charge in [0.1, 0.15) is 23.1 Å². The van der Waals surface area contributed by atoms with Gasteiger partial charge in [-0.1, -0.05) is 36.4 Å². The molecule has 0 unspecified atom stereocenters. The molecule has 152 valence electrons. The zero-order valence-electron chi connectivity index (χ0n) is 16.2. The second-order valence-corrected chi connectivity index (χ2v) is 6.77. The minimum atomic E-state index is -0.589. The highest BCUT2D eigenvalue weighted by atomic mass is 19.1. The molecule has 4 rings (SSSR count). The minimum absolute atomic E-state index is 0.00414. The van der Waals surface area contributed by atoms with Crippen molar-refractivity contribution in [2.75, 3.05) is 0 Å². The molecule has 0 aliphatic rings. The van der Waals surface area contributed by atoms with Crippen LogP contribution in [0.4, 0.5) is 8.78 Å². The van der Waals surface area contributed by atoms with Gasteiger partial charge in [-0.25, -0.2) is 8.78 Å². The number of hydrogen-bond acceptors (Lipinski definition) is 3. The average molecular weight is 414 g/mol. The van der Waals surface area contributed by atoms with Crippen LogP contribution >= 0.6 is 0 Å². The average Bonchev–Trinajstić information content (AvgIpc) is 2.79. The molecule has 0 aliphatic carbocycles. The Hall–Kier alpha value is -4.12. The van der Waals surface area contributed by atoms with Crippen LogP contribution in [0.2, 0.25) is 0 Å². The van der Waals surface area contributed by atoms with Gasteiger partial charge in [0.15, 0.2) is 11.6 Å². The van der Waals surface area contributed by atoms with Crippen molar-refractivity contribution in [1.29, 1.82) is 0 Å². The van der Waals surface area contributed by atoms with E-state index in [2.05, 4.69) is 0 Å². The third-order valence-corrected chi connectivity index (χ3v) is 4.69. The molecule has 0 saturated carbocycles. The molecule has 0 heterocycles. The van der Waals surface area contributed by atoms with Gasteiger partial charge in [-0.05, 0) is 60.7 Å². The highest BCUT2D eigenvalue weighted by Gasteiger charge is 2.15. The lowest BCUT2D eigenvalue weighted by Crippen LogP contribution is -2.04. The summed E-state index contributed by atoms with van der Waals surface area (Å²) in [5.74, 6) is -1.23. The van der Waals surface area contributed by atoms with E-state index in [9.17, 15) is 18.4 Å². The third-order valence-electron chi connectivity index (χ3n) is 4.69. The van der Waals surface area contributed by atoms with Gasteiger partial charge < -0.3 is 4.74 Å². The summed E-state index contributed by atoms with van der Waals surface area (Å²) in [5, 5.41) is 0. The van der Waals surface area contributed by atoms with E-state index in [0.717, 1.165) is 0 Å². The number of hydrogen-bond donors (Lipinski definition) is 0. The van der Waals surface area contributed by atoms with Gasteiger partial charge in [-0.3, -0.25) is 9.59 Å². The number of ether oxygens (including phenoxy) is 1. The summed E-state index contributed by atoms with van der Waals surface area (Å²) in [5.41, 5.74) is 0.584. The van der Waals surface area contributed by atoms with Crippen LogP contribution in [0.15, 0.2) is 97.1 Å². The van der Waals surface area contributed by atoms with E-state index in [1.165, 1.54) is 42.5 Å². The topological polar surface area (TPSA) is 43.4 Å². The molecule has 0 aromatic heterocycles. The van der Waals surface area contributed by atoms with Crippen LogP contribution in [0.5, 0.6) is 11.5 Å². The fourth-order valence-corrected chi connectivity index (χ4v) is 3.11. The lowest BCUT2D eigenvalue weighted by atomic mass is 10.0. The lowest BCUT2D eigenvalue weighted by molar-refractivity contribution is 0.102. The maximum absolute atomic E-state index is 13.9. The van der Waals surface area contributed by atoms with Crippen molar-refractivity contribution in [2.24, 2.45) is 0 Å². The standard InChI is InChI=1S/C26H16F2O3/c27-23-10-3-1-8-21(23)25(29)17-12-14-19(15-13-17)31-20-7-5-6-18(16-20)26(30)22-9-2-4-11-24(22)28/h1-16H. The lowest BCUT2D eigenvalue weighted by Gasteiger charge is -2.09. The van der Waals surface area contributed by atoms with Crippen molar-refractivity contribution in [3.63, 3.8) is 0 Å². The molecular weight excluding hydrogens is 398 g/mol. The van der Waals surface area contributed by atoms with Crippen LogP contribution in [0, 0.1) is 11.6 Å². The molecule has 4 aromatic carbocycles. The predicted octanol–water partition coefficient (Wildman–Crippen LogP) is 6.22. The van der Waals surface area contributed by atoms with E-state index in [-0.39, 0.29) is 16.7 Å². The Morgan fingerprint density at radius 2 is 1.10 bits per heavy atom. The second kappa shape index (κ2) is 8.71. The van der Waals surface area contributed by atoms with Crippen LogP contribution < -0.4 is 4.74 Å². The predicted molar refractivity (Wildman–Crippen MR) is 113 cm³/mol. The Morgan fingerprint density at radius 1 is 0.548 bits per heavy atom. The molecule has 4 aromatic rings. The molecule has 3 nitrogen and oxygen atoms in total. The minimum Gasteiger partial charge on any atom is -0.457 e. The number of rotatable bonds is 6. The van der Waals surface area contributed by atoms with E-state index < -0.39 is 23.2 Å². The van der Waals surface area contributed by atoms with Gasteiger partial charge in [0.05, 0.1) is 11.1 Å². The largest absolute Gasteiger partial charge is 0.457 e. The number of benzene rings is 4. The van der Waals surface area contributed by atoms with Gasteiger partial charge in [-0.2, -0.15) is 0 Å². The molecule has 0 fully saturated rings. The number of carbonyl (C=O) groups excluding carboxylic acids is 2. The summed E-state index contributed by atoms with van der Waals surface area (Å²) in [6, 6.07) is 24.2. The molecule has 31 heavy (non-hydrogen) atoms. The Bertz CT molecular complexity index is 1260. The Kier molecular flexibility index (Phi) is 5.67. The molecule has 0 radical (unpaired) electrons. The van der Waals surface area contributed by atoms with Gasteiger partial charge in [0.25, 0.3) is 0 Å². The summed E-state index contributed by atoms with van der Waals surface area (Å²) >= 11 is 0. The summed E-state index contributed by atoms with van der Waals surface area (Å²) in [6.07, 6.45) is 0. The second-order valence-electron chi connectivity index (χ2n) is 6.77. The van der Waals surface area contributed by atoms with Gasteiger partial charge in [0.2, 0.25) is 0 Å². The number of carbonyl (C=O) groups is 2. The van der Waals surface area contributed by atoms with Crippen molar-refractivity contribution >= 4 is 11.6 Å². The van der Waals surface area contributed by atoms with E-state index in [1.807, 2.05) is 0 Å². The maximum Gasteiger partial charge on any atom is 0.196 e. The summed E-state index contributed by atoms with van der Waals surface area (Å²) in [6.45, 7) is 0. The highest BCUT2D eigenvalue weighted by molar-refractivity contribution is 6.09. The molecule has 5 heteroatoms. The van der Waals surface area contributed by atoms with Gasteiger partial charge in [0, 0.05) is 11.1 Å². The van der Waals surface area contributed by atoms with E-state index in [0.29, 0.717) is 17.1 Å². The normalized spacial score (nSPS) is 10.5. The highest BCUT2D eigenvalue weighted by Crippen LogP contribution is 2.25. The first kappa shape index (κ1) is 20.2. The van der Waals surface area contributed by atoms with Crippen molar-refractivity contribution in [3.8, 4) is 11.5 Å². The molecule has 0 amide bonds. The van der Waals surface area contributed by atoms with Crippen molar-refractivity contribution in [3.05, 3.63) is 131 Å². The smallest absolute Gasteiger partial charge is 0.196 e. The number of ketones is 2. The van der Waals surface area contributed by atoms with Crippen LogP contribution in [0.1, 0.15) is 31.8 Å². The molecule has 0 spiro atoms. The van der Waals surface area contributed by atoms with Crippen LogP contribution in [0.3, 0.4) is 0 Å². The Labute approximate surface area is 177 Å². The molecule has 0 atom stereocenters. The first-order chi connectivity index (χ1) is 15.0. The molecule has 0 saturated heterocycles. The monoisotopic (exact) mass is 414 g/mol. The Balaban J connectivity index is 1.52. The molecule has 0 bridgehead atoms. The van der Waals surface area contributed by atoms with Crippen LogP contribution in [0.25, 0.3) is 0 Å². The summed E-state index contributed by atoms with van der Waals surface area (Å²) in [4.78, 5) is 25.1. The van der Waals surface area contributed by atoms with E-state index in [4.69, 9.17) is 4.74 Å². The van der Waals surface area contributed by atoms with E-state index >= 15 is 0 Å². The maximum atomic E-state index is 13.9. The van der Waals surface area contributed by atoms with E-state index in [1.54, 1.807) is 54.6 Å². The van der Waals surface area contributed by atoms with Crippen molar-refractivity contribution < 1.29 is 23.1 Å². The summed E-state index contributed by atoms with van der Waals surface area (Å²) in [7, 11) is 0. The van der Waals surface area contributed by atoms with Crippen LogP contribution in [-0.4, -0.2) is 11.6 Å².